The number of nitrogens with zero attached hydrogens (tertiary/aromatic N) is 4. The van der Waals surface area contributed by atoms with Gasteiger partial charge in [0.25, 0.3) is 5.56 Å². The molecule has 2 aromatic heterocycles. The van der Waals surface area contributed by atoms with Crippen LogP contribution in [0.25, 0.3) is 0 Å². The summed E-state index contributed by atoms with van der Waals surface area (Å²) in [5.41, 5.74) is 0.989. The van der Waals surface area contributed by atoms with Gasteiger partial charge in [-0.25, -0.2) is 9.97 Å². The van der Waals surface area contributed by atoms with Crippen LogP contribution < -0.4 is 5.56 Å². The Hall–Kier alpha value is -1.18. The van der Waals surface area contributed by atoms with Crippen molar-refractivity contribution in [1.82, 2.24) is 19.1 Å². The number of aromatic nitrogens is 4. The van der Waals surface area contributed by atoms with E-state index in [0.29, 0.717) is 16.2 Å². The fourth-order valence-corrected chi connectivity index (χ4v) is 2.10. The van der Waals surface area contributed by atoms with Gasteiger partial charge in [0, 0.05) is 18.4 Å². The Morgan fingerprint density at radius 1 is 1.29 bits per heavy atom. The van der Waals surface area contributed by atoms with Gasteiger partial charge in [0.1, 0.15) is 0 Å². The maximum Gasteiger partial charge on any atom is 0.267 e. The van der Waals surface area contributed by atoms with Gasteiger partial charge in [-0.05, 0) is 36.4 Å². The second kappa shape index (κ2) is 4.99. The monoisotopic (exact) mass is 344 g/mol. The van der Waals surface area contributed by atoms with Gasteiger partial charge >= 0.3 is 0 Å². The molecule has 0 bridgehead atoms. The third-order valence-electron chi connectivity index (χ3n) is 2.49. The van der Waals surface area contributed by atoms with Crippen LogP contribution in [0.4, 0.5) is 0 Å². The van der Waals surface area contributed by atoms with E-state index in [2.05, 4.69) is 23.8 Å². The van der Waals surface area contributed by atoms with E-state index in [4.69, 9.17) is 0 Å². The van der Waals surface area contributed by atoms with Crippen LogP contribution in [0.5, 0.6) is 0 Å². The van der Waals surface area contributed by atoms with Crippen molar-refractivity contribution in [2.24, 2.45) is 0 Å². The van der Waals surface area contributed by atoms with E-state index >= 15 is 0 Å². The lowest BCUT2D eigenvalue weighted by Crippen LogP contribution is -2.24. The van der Waals surface area contributed by atoms with E-state index in [1.807, 2.05) is 27.2 Å². The minimum Gasteiger partial charge on any atom is -0.330 e. The number of hydrogen-bond donors (Lipinski definition) is 0. The SMILES string of the molecule is CC(C)n1cncc1Cn1cncc(I)c1=O. The van der Waals surface area contributed by atoms with Crippen LogP contribution in [-0.2, 0) is 6.54 Å². The Balaban J connectivity index is 2.35. The highest BCUT2D eigenvalue weighted by atomic mass is 127. The third kappa shape index (κ3) is 2.56. The van der Waals surface area contributed by atoms with Crippen LogP contribution in [0.1, 0.15) is 25.6 Å². The number of imidazole rings is 1. The molecule has 5 nitrogen and oxygen atoms in total. The number of rotatable bonds is 3. The lowest BCUT2D eigenvalue weighted by atomic mass is 10.3. The maximum absolute atomic E-state index is 11.9. The fraction of sp³-hybridized carbons (Fsp3) is 0.364. The predicted octanol–water partition coefficient (Wildman–Crippen LogP) is 1.67. The summed E-state index contributed by atoms with van der Waals surface area (Å²) < 4.78 is 4.27. The first-order valence-electron chi connectivity index (χ1n) is 5.30. The standard InChI is InChI=1S/C11H13IN4O/c1-8(2)16-7-13-3-9(16)5-15-6-14-4-10(12)11(15)17/h3-4,6-8H,5H2,1-2H3. The Bertz CT molecular complexity index is 573. The highest BCUT2D eigenvalue weighted by Crippen LogP contribution is 2.09. The molecule has 0 radical (unpaired) electrons. The molecule has 6 heteroatoms. The Morgan fingerprint density at radius 2 is 2.00 bits per heavy atom. The van der Waals surface area contributed by atoms with E-state index in [9.17, 15) is 4.79 Å². The molecule has 17 heavy (non-hydrogen) atoms. The lowest BCUT2D eigenvalue weighted by Gasteiger charge is -2.12. The van der Waals surface area contributed by atoms with Crippen molar-refractivity contribution in [2.45, 2.75) is 26.4 Å². The van der Waals surface area contributed by atoms with Crippen molar-refractivity contribution in [3.05, 3.63) is 44.7 Å². The Labute approximate surface area is 113 Å². The molecular weight excluding hydrogens is 331 g/mol. The molecule has 2 aromatic rings. The van der Waals surface area contributed by atoms with E-state index in [1.165, 1.54) is 0 Å². The highest BCUT2D eigenvalue weighted by Gasteiger charge is 2.08. The summed E-state index contributed by atoms with van der Waals surface area (Å²) in [6.07, 6.45) is 6.69. The van der Waals surface area contributed by atoms with Crippen LogP contribution in [-0.4, -0.2) is 19.1 Å². The van der Waals surface area contributed by atoms with Crippen molar-refractivity contribution >= 4 is 22.6 Å². The van der Waals surface area contributed by atoms with Crippen LogP contribution in [0.3, 0.4) is 0 Å². The second-order valence-corrected chi connectivity index (χ2v) is 5.22. The fourth-order valence-electron chi connectivity index (χ4n) is 1.63. The van der Waals surface area contributed by atoms with Crippen molar-refractivity contribution in [1.29, 1.82) is 0 Å². The molecule has 0 saturated heterocycles. The quantitative estimate of drug-likeness (QED) is 0.796. The summed E-state index contributed by atoms with van der Waals surface area (Å²) >= 11 is 2.00. The zero-order valence-corrected chi connectivity index (χ0v) is 11.8. The van der Waals surface area contributed by atoms with Gasteiger partial charge in [-0.15, -0.1) is 0 Å². The van der Waals surface area contributed by atoms with Gasteiger partial charge < -0.3 is 4.57 Å². The van der Waals surface area contributed by atoms with Gasteiger partial charge in [-0.3, -0.25) is 9.36 Å². The van der Waals surface area contributed by atoms with Gasteiger partial charge in [0.2, 0.25) is 0 Å². The summed E-state index contributed by atoms with van der Waals surface area (Å²) in [5, 5.41) is 0. The average molecular weight is 344 g/mol. The molecule has 0 saturated carbocycles. The Morgan fingerprint density at radius 3 is 2.71 bits per heavy atom. The summed E-state index contributed by atoms with van der Waals surface area (Å²) in [4.78, 5) is 20.0. The molecule has 0 aliphatic rings. The van der Waals surface area contributed by atoms with Gasteiger partial charge in [0.05, 0.1) is 28.5 Å². The van der Waals surface area contributed by atoms with Gasteiger partial charge in [0.15, 0.2) is 0 Å². The van der Waals surface area contributed by atoms with Gasteiger partial charge in [-0.1, -0.05) is 0 Å². The van der Waals surface area contributed by atoms with Gasteiger partial charge in [-0.2, -0.15) is 0 Å². The molecule has 0 aromatic carbocycles. The van der Waals surface area contributed by atoms with Crippen LogP contribution in [0, 0.1) is 3.57 Å². The lowest BCUT2D eigenvalue weighted by molar-refractivity contribution is 0.555. The molecule has 2 rings (SSSR count). The first-order valence-corrected chi connectivity index (χ1v) is 6.38. The summed E-state index contributed by atoms with van der Waals surface area (Å²) in [6.45, 7) is 4.67. The first-order chi connectivity index (χ1) is 8.09. The Kier molecular flexibility index (Phi) is 3.60. The minimum atomic E-state index is -0.0166. The second-order valence-electron chi connectivity index (χ2n) is 4.06. The molecule has 2 heterocycles. The molecule has 0 spiro atoms. The molecule has 0 unspecified atom stereocenters. The summed E-state index contributed by atoms with van der Waals surface area (Å²) in [5.74, 6) is 0. The van der Waals surface area contributed by atoms with E-state index in [-0.39, 0.29) is 5.56 Å². The molecular formula is C11H13IN4O. The molecule has 0 aliphatic heterocycles. The smallest absolute Gasteiger partial charge is 0.267 e. The normalized spacial score (nSPS) is 11.1. The first kappa shape index (κ1) is 12.3. The zero-order valence-electron chi connectivity index (χ0n) is 9.67. The molecule has 90 valence electrons. The van der Waals surface area contributed by atoms with E-state index in [1.54, 1.807) is 29.6 Å². The van der Waals surface area contributed by atoms with Crippen LogP contribution in [0.2, 0.25) is 0 Å². The molecule has 0 atom stereocenters. The molecule has 0 N–H and O–H groups in total. The number of hydrogen-bond acceptors (Lipinski definition) is 3. The summed E-state index contributed by atoms with van der Waals surface area (Å²) in [7, 11) is 0. The van der Waals surface area contributed by atoms with Crippen molar-refractivity contribution in [3.63, 3.8) is 0 Å². The van der Waals surface area contributed by atoms with Crippen LogP contribution in [0.15, 0.2) is 29.8 Å². The topological polar surface area (TPSA) is 52.7 Å². The average Bonchev–Trinajstić information content (AvgIpc) is 2.73. The van der Waals surface area contributed by atoms with Crippen molar-refractivity contribution < 1.29 is 0 Å². The highest BCUT2D eigenvalue weighted by molar-refractivity contribution is 14.1. The third-order valence-corrected chi connectivity index (χ3v) is 3.23. The summed E-state index contributed by atoms with van der Waals surface area (Å²) in [6, 6.07) is 0.332. The predicted molar refractivity (Wildman–Crippen MR) is 72.9 cm³/mol. The maximum atomic E-state index is 11.9. The molecule has 0 aliphatic carbocycles. The number of halogens is 1. The minimum absolute atomic E-state index is 0.0166. The zero-order chi connectivity index (χ0) is 12.4. The van der Waals surface area contributed by atoms with Crippen LogP contribution >= 0.6 is 22.6 Å². The molecule has 0 fully saturated rings. The largest absolute Gasteiger partial charge is 0.330 e. The van der Waals surface area contributed by atoms with E-state index < -0.39 is 0 Å². The van der Waals surface area contributed by atoms with E-state index in [0.717, 1.165) is 5.69 Å². The van der Waals surface area contributed by atoms with Crippen molar-refractivity contribution in [2.75, 3.05) is 0 Å². The molecule has 0 amide bonds. The van der Waals surface area contributed by atoms with Crippen molar-refractivity contribution in [3.8, 4) is 0 Å².